The van der Waals surface area contributed by atoms with E-state index in [2.05, 4.69) is 18.3 Å². The van der Waals surface area contributed by atoms with Gasteiger partial charge < -0.3 is 19.9 Å². The lowest BCUT2D eigenvalue weighted by Gasteiger charge is -2.15. The standard InChI is InChI=1S/C20H25NO4/c1-14(13-24-2)21-12-16-7-8-19(25-3)18(10-16)17-6-4-5-15(9-17)11-20(22)23/h4-10,14,21H,11-13H2,1-3H3,(H,22,23). The molecule has 25 heavy (non-hydrogen) atoms. The zero-order valence-corrected chi connectivity index (χ0v) is 14.9. The van der Waals surface area contributed by atoms with Crippen molar-refractivity contribution in [3.63, 3.8) is 0 Å². The van der Waals surface area contributed by atoms with Gasteiger partial charge in [-0.05, 0) is 35.7 Å². The highest BCUT2D eigenvalue weighted by atomic mass is 16.5. The molecule has 0 radical (unpaired) electrons. The maximum atomic E-state index is 11.0. The largest absolute Gasteiger partial charge is 0.496 e. The van der Waals surface area contributed by atoms with E-state index in [1.807, 2.05) is 36.4 Å². The molecule has 5 heteroatoms. The molecule has 1 atom stereocenters. The summed E-state index contributed by atoms with van der Waals surface area (Å²) in [6, 6.07) is 13.9. The summed E-state index contributed by atoms with van der Waals surface area (Å²) < 4.78 is 10.6. The Morgan fingerprint density at radius 2 is 1.96 bits per heavy atom. The third kappa shape index (κ3) is 5.59. The molecule has 5 nitrogen and oxygen atoms in total. The molecule has 0 aromatic heterocycles. The first-order chi connectivity index (χ1) is 12.0. The molecule has 2 aromatic rings. The quantitative estimate of drug-likeness (QED) is 0.732. The number of hydrogen-bond acceptors (Lipinski definition) is 4. The molecule has 0 amide bonds. The van der Waals surface area contributed by atoms with E-state index >= 15 is 0 Å². The van der Waals surface area contributed by atoms with Crippen LogP contribution in [0.3, 0.4) is 0 Å². The van der Waals surface area contributed by atoms with Gasteiger partial charge in [-0.15, -0.1) is 0 Å². The number of ether oxygens (including phenoxy) is 2. The van der Waals surface area contributed by atoms with Gasteiger partial charge in [-0.1, -0.05) is 30.3 Å². The molecular weight excluding hydrogens is 318 g/mol. The summed E-state index contributed by atoms with van der Waals surface area (Å²) in [6.07, 6.45) is 0.00589. The molecule has 134 valence electrons. The Morgan fingerprint density at radius 1 is 1.16 bits per heavy atom. The lowest BCUT2D eigenvalue weighted by Crippen LogP contribution is -2.29. The molecule has 0 saturated carbocycles. The number of carboxylic acid groups (broad SMARTS) is 1. The van der Waals surface area contributed by atoms with Crippen LogP contribution in [0.15, 0.2) is 42.5 Å². The fourth-order valence-corrected chi connectivity index (χ4v) is 2.72. The molecule has 2 aromatic carbocycles. The van der Waals surface area contributed by atoms with Crippen LogP contribution in [0.4, 0.5) is 0 Å². The third-order valence-corrected chi connectivity index (χ3v) is 3.93. The molecule has 0 spiro atoms. The van der Waals surface area contributed by atoms with E-state index in [4.69, 9.17) is 14.6 Å². The Hall–Kier alpha value is -2.37. The lowest BCUT2D eigenvalue weighted by atomic mass is 9.99. The highest BCUT2D eigenvalue weighted by molar-refractivity contribution is 5.74. The first kappa shape index (κ1) is 19.0. The molecule has 0 saturated heterocycles. The van der Waals surface area contributed by atoms with Gasteiger partial charge in [0.15, 0.2) is 0 Å². The summed E-state index contributed by atoms with van der Waals surface area (Å²) >= 11 is 0. The molecule has 0 heterocycles. The topological polar surface area (TPSA) is 67.8 Å². The first-order valence-electron chi connectivity index (χ1n) is 8.23. The highest BCUT2D eigenvalue weighted by Gasteiger charge is 2.10. The van der Waals surface area contributed by atoms with E-state index in [1.54, 1.807) is 14.2 Å². The molecule has 0 aliphatic rings. The van der Waals surface area contributed by atoms with Crippen LogP contribution in [0.2, 0.25) is 0 Å². The average molecular weight is 343 g/mol. The SMILES string of the molecule is COCC(C)NCc1ccc(OC)c(-c2cccc(CC(=O)O)c2)c1. The van der Waals surface area contributed by atoms with Gasteiger partial charge >= 0.3 is 5.97 Å². The fourth-order valence-electron chi connectivity index (χ4n) is 2.72. The van der Waals surface area contributed by atoms with Crippen LogP contribution in [0.25, 0.3) is 11.1 Å². The normalized spacial score (nSPS) is 12.0. The summed E-state index contributed by atoms with van der Waals surface area (Å²) in [5.41, 5.74) is 3.79. The van der Waals surface area contributed by atoms with Crippen molar-refractivity contribution in [3.05, 3.63) is 53.6 Å². The van der Waals surface area contributed by atoms with Crippen molar-refractivity contribution >= 4 is 5.97 Å². The summed E-state index contributed by atoms with van der Waals surface area (Å²) in [7, 11) is 3.33. The maximum Gasteiger partial charge on any atom is 0.307 e. The number of hydrogen-bond donors (Lipinski definition) is 2. The molecule has 0 bridgehead atoms. The van der Waals surface area contributed by atoms with Crippen molar-refractivity contribution in [1.82, 2.24) is 5.32 Å². The van der Waals surface area contributed by atoms with Crippen LogP contribution < -0.4 is 10.1 Å². The van der Waals surface area contributed by atoms with Crippen molar-refractivity contribution in [2.45, 2.75) is 25.9 Å². The molecule has 2 N–H and O–H groups in total. The Bertz CT molecular complexity index is 715. The Labute approximate surface area is 148 Å². The van der Waals surface area contributed by atoms with Gasteiger partial charge in [-0.25, -0.2) is 0 Å². The Kier molecular flexibility index (Phi) is 6.98. The predicted octanol–water partition coefficient (Wildman–Crippen LogP) is 3.11. The average Bonchev–Trinajstić information content (AvgIpc) is 2.59. The minimum absolute atomic E-state index is 0.00589. The van der Waals surface area contributed by atoms with Gasteiger partial charge in [0.25, 0.3) is 0 Å². The zero-order valence-electron chi connectivity index (χ0n) is 14.9. The summed E-state index contributed by atoms with van der Waals surface area (Å²) in [5, 5.41) is 12.4. The summed E-state index contributed by atoms with van der Waals surface area (Å²) in [6.45, 7) is 3.44. The monoisotopic (exact) mass is 343 g/mol. The van der Waals surface area contributed by atoms with Crippen LogP contribution in [0.1, 0.15) is 18.1 Å². The van der Waals surface area contributed by atoms with E-state index in [-0.39, 0.29) is 12.5 Å². The van der Waals surface area contributed by atoms with E-state index in [0.29, 0.717) is 6.61 Å². The van der Waals surface area contributed by atoms with Crippen LogP contribution in [0, 0.1) is 0 Å². The second-order valence-electron chi connectivity index (χ2n) is 6.04. The minimum atomic E-state index is -0.839. The van der Waals surface area contributed by atoms with Crippen molar-refractivity contribution in [2.24, 2.45) is 0 Å². The van der Waals surface area contributed by atoms with E-state index in [0.717, 1.165) is 34.5 Å². The Morgan fingerprint density at radius 3 is 2.64 bits per heavy atom. The van der Waals surface area contributed by atoms with Crippen LogP contribution in [-0.4, -0.2) is 37.9 Å². The van der Waals surface area contributed by atoms with Crippen molar-refractivity contribution in [2.75, 3.05) is 20.8 Å². The molecule has 2 rings (SSSR count). The van der Waals surface area contributed by atoms with E-state index < -0.39 is 5.97 Å². The second kappa shape index (κ2) is 9.20. The predicted molar refractivity (Wildman–Crippen MR) is 97.9 cm³/mol. The van der Waals surface area contributed by atoms with Gasteiger partial charge in [0.2, 0.25) is 0 Å². The van der Waals surface area contributed by atoms with Crippen LogP contribution in [-0.2, 0) is 22.5 Å². The fraction of sp³-hybridized carbons (Fsp3) is 0.350. The second-order valence-corrected chi connectivity index (χ2v) is 6.04. The van der Waals surface area contributed by atoms with Crippen molar-refractivity contribution in [3.8, 4) is 16.9 Å². The Balaban J connectivity index is 2.26. The van der Waals surface area contributed by atoms with E-state index in [1.165, 1.54) is 0 Å². The number of rotatable bonds is 9. The number of benzene rings is 2. The summed E-state index contributed by atoms with van der Waals surface area (Å²) in [5.74, 6) is -0.0737. The van der Waals surface area contributed by atoms with Gasteiger partial charge in [-0.2, -0.15) is 0 Å². The number of aliphatic carboxylic acids is 1. The number of nitrogens with one attached hydrogen (secondary N) is 1. The first-order valence-corrected chi connectivity index (χ1v) is 8.23. The van der Waals surface area contributed by atoms with Crippen molar-refractivity contribution in [1.29, 1.82) is 0 Å². The van der Waals surface area contributed by atoms with Crippen molar-refractivity contribution < 1.29 is 19.4 Å². The zero-order chi connectivity index (χ0) is 18.2. The molecule has 0 aliphatic carbocycles. The summed E-state index contributed by atoms with van der Waals surface area (Å²) in [4.78, 5) is 11.0. The van der Waals surface area contributed by atoms with Gasteiger partial charge in [0.1, 0.15) is 5.75 Å². The maximum absolute atomic E-state index is 11.0. The number of methoxy groups -OCH3 is 2. The number of carbonyl (C=O) groups is 1. The lowest BCUT2D eigenvalue weighted by molar-refractivity contribution is -0.136. The third-order valence-electron chi connectivity index (χ3n) is 3.93. The molecule has 1 unspecified atom stereocenters. The minimum Gasteiger partial charge on any atom is -0.496 e. The number of carboxylic acids is 1. The molecule has 0 fully saturated rings. The molecule has 0 aliphatic heterocycles. The van der Waals surface area contributed by atoms with E-state index in [9.17, 15) is 4.79 Å². The highest BCUT2D eigenvalue weighted by Crippen LogP contribution is 2.31. The van der Waals surface area contributed by atoms with Gasteiger partial charge in [0, 0.05) is 25.3 Å². The van der Waals surface area contributed by atoms with Crippen LogP contribution >= 0.6 is 0 Å². The van der Waals surface area contributed by atoms with Crippen LogP contribution in [0.5, 0.6) is 5.75 Å². The molecular formula is C20H25NO4. The smallest absolute Gasteiger partial charge is 0.307 e. The van der Waals surface area contributed by atoms with Gasteiger partial charge in [0.05, 0.1) is 20.1 Å². The van der Waals surface area contributed by atoms with Gasteiger partial charge in [-0.3, -0.25) is 4.79 Å².